The predicted molar refractivity (Wildman–Crippen MR) is 48.8 cm³/mol. The van der Waals surface area contributed by atoms with Crippen molar-refractivity contribution in [3.63, 3.8) is 0 Å². The summed E-state index contributed by atoms with van der Waals surface area (Å²) in [7, 11) is 0. The number of hydrogen-bond acceptors (Lipinski definition) is 4. The van der Waals surface area contributed by atoms with Crippen LogP contribution in [0.1, 0.15) is 12.8 Å². The van der Waals surface area contributed by atoms with Crippen LogP contribution in [0.4, 0.5) is 0 Å². The number of carbonyl (C=O) groups is 2. The molecule has 0 aromatic heterocycles. The van der Waals surface area contributed by atoms with Gasteiger partial charge in [-0.1, -0.05) is 0 Å². The highest BCUT2D eigenvalue weighted by molar-refractivity contribution is 6.03. The number of hydrogen-bond donors (Lipinski definition) is 4. The van der Waals surface area contributed by atoms with Gasteiger partial charge in [0, 0.05) is 37.2 Å². The van der Waals surface area contributed by atoms with Crippen LogP contribution in [0.2, 0.25) is 0 Å². The Bertz CT molecular complexity index is 234. The van der Waals surface area contributed by atoms with Gasteiger partial charge in [0.1, 0.15) is 0 Å². The summed E-state index contributed by atoms with van der Waals surface area (Å²) in [5, 5.41) is 17.3. The van der Waals surface area contributed by atoms with E-state index in [4.69, 9.17) is 21.7 Å². The SMILES string of the molecule is NC(=O)C(CCO)=C(CCO)C(N)=O. The molecule has 6 heteroatoms. The molecule has 0 rings (SSSR count). The summed E-state index contributed by atoms with van der Waals surface area (Å²) in [4.78, 5) is 21.7. The van der Waals surface area contributed by atoms with Crippen molar-refractivity contribution >= 4 is 11.8 Å². The fraction of sp³-hybridized carbons (Fsp3) is 0.500. The van der Waals surface area contributed by atoms with Crippen molar-refractivity contribution < 1.29 is 19.8 Å². The Labute approximate surface area is 81.2 Å². The molecular weight excluding hydrogens is 188 g/mol. The van der Waals surface area contributed by atoms with E-state index in [2.05, 4.69) is 0 Å². The molecule has 6 N–H and O–H groups in total. The summed E-state index contributed by atoms with van der Waals surface area (Å²) in [6.45, 7) is -0.610. The molecule has 0 radical (unpaired) electrons. The van der Waals surface area contributed by atoms with E-state index in [0.29, 0.717) is 0 Å². The maximum Gasteiger partial charge on any atom is 0.245 e. The third-order valence-corrected chi connectivity index (χ3v) is 1.68. The Morgan fingerprint density at radius 2 is 1.14 bits per heavy atom. The van der Waals surface area contributed by atoms with E-state index in [-0.39, 0.29) is 37.2 Å². The minimum absolute atomic E-state index is 0.0194. The Morgan fingerprint density at radius 3 is 1.29 bits per heavy atom. The largest absolute Gasteiger partial charge is 0.396 e. The van der Waals surface area contributed by atoms with Gasteiger partial charge in [-0.25, -0.2) is 0 Å². The molecule has 0 atom stereocenters. The first-order valence-corrected chi connectivity index (χ1v) is 4.08. The molecule has 0 aliphatic rings. The third-order valence-electron chi connectivity index (χ3n) is 1.68. The van der Waals surface area contributed by atoms with E-state index in [1.165, 1.54) is 0 Å². The first-order chi connectivity index (χ1) is 6.54. The molecule has 0 bridgehead atoms. The van der Waals surface area contributed by atoms with Crippen LogP contribution in [0.5, 0.6) is 0 Å². The van der Waals surface area contributed by atoms with Gasteiger partial charge in [-0.3, -0.25) is 9.59 Å². The third kappa shape index (κ3) is 3.55. The van der Waals surface area contributed by atoms with E-state index in [1.807, 2.05) is 0 Å². The van der Waals surface area contributed by atoms with E-state index in [1.54, 1.807) is 0 Å². The van der Waals surface area contributed by atoms with Gasteiger partial charge >= 0.3 is 0 Å². The predicted octanol–water partition coefficient (Wildman–Crippen LogP) is -1.98. The molecule has 0 aromatic rings. The lowest BCUT2D eigenvalue weighted by atomic mass is 10.0. The summed E-state index contributed by atoms with van der Waals surface area (Å²) in [6.07, 6.45) is -0.0682. The Balaban J connectivity index is 5.03. The molecular formula is C8H14N2O4. The van der Waals surface area contributed by atoms with E-state index >= 15 is 0 Å². The van der Waals surface area contributed by atoms with Crippen LogP contribution < -0.4 is 11.5 Å². The fourth-order valence-corrected chi connectivity index (χ4v) is 1.07. The van der Waals surface area contributed by atoms with Crippen LogP contribution in [-0.4, -0.2) is 35.2 Å². The zero-order valence-corrected chi connectivity index (χ0v) is 7.69. The second-order valence-electron chi connectivity index (χ2n) is 2.63. The number of primary amides is 2. The second kappa shape index (κ2) is 6.11. The van der Waals surface area contributed by atoms with Gasteiger partial charge in [0.25, 0.3) is 0 Å². The van der Waals surface area contributed by atoms with E-state index in [9.17, 15) is 9.59 Å². The van der Waals surface area contributed by atoms with Gasteiger partial charge in [0.15, 0.2) is 0 Å². The molecule has 0 aliphatic carbocycles. The maximum absolute atomic E-state index is 10.9. The van der Waals surface area contributed by atoms with Crippen molar-refractivity contribution in [3.8, 4) is 0 Å². The van der Waals surface area contributed by atoms with Crippen molar-refractivity contribution in [2.45, 2.75) is 12.8 Å². The Morgan fingerprint density at radius 1 is 0.857 bits per heavy atom. The molecule has 0 spiro atoms. The van der Waals surface area contributed by atoms with Crippen molar-refractivity contribution in [1.29, 1.82) is 0 Å². The molecule has 6 nitrogen and oxygen atoms in total. The summed E-state index contributed by atoms with van der Waals surface area (Å²) >= 11 is 0. The van der Waals surface area contributed by atoms with Crippen molar-refractivity contribution in [2.75, 3.05) is 13.2 Å². The first kappa shape index (κ1) is 12.6. The smallest absolute Gasteiger partial charge is 0.245 e. The van der Waals surface area contributed by atoms with Gasteiger partial charge in [-0.2, -0.15) is 0 Å². The van der Waals surface area contributed by atoms with Crippen molar-refractivity contribution in [2.24, 2.45) is 11.5 Å². The summed E-state index contributed by atoms with van der Waals surface area (Å²) in [5.74, 6) is -1.61. The minimum Gasteiger partial charge on any atom is -0.396 e. The summed E-state index contributed by atoms with van der Waals surface area (Å²) < 4.78 is 0. The lowest BCUT2D eigenvalue weighted by Gasteiger charge is -2.07. The number of aliphatic hydroxyl groups is 2. The highest BCUT2D eigenvalue weighted by Gasteiger charge is 2.15. The molecule has 0 unspecified atom stereocenters. The zero-order valence-electron chi connectivity index (χ0n) is 7.69. The fourth-order valence-electron chi connectivity index (χ4n) is 1.07. The number of carbonyl (C=O) groups excluding carboxylic acids is 2. The highest BCUT2D eigenvalue weighted by Crippen LogP contribution is 2.11. The molecule has 0 saturated heterocycles. The molecule has 2 amide bonds. The molecule has 0 saturated carbocycles. The number of rotatable bonds is 6. The lowest BCUT2D eigenvalue weighted by Crippen LogP contribution is -2.24. The summed E-state index contributed by atoms with van der Waals surface area (Å²) in [6, 6.07) is 0. The molecule has 80 valence electrons. The van der Waals surface area contributed by atoms with Gasteiger partial charge in [-0.15, -0.1) is 0 Å². The average molecular weight is 202 g/mol. The zero-order chi connectivity index (χ0) is 11.1. The number of amides is 2. The van der Waals surface area contributed by atoms with E-state index < -0.39 is 11.8 Å². The lowest BCUT2D eigenvalue weighted by molar-refractivity contribution is -0.117. The Kier molecular flexibility index (Phi) is 5.50. The van der Waals surface area contributed by atoms with Gasteiger partial charge in [-0.05, 0) is 0 Å². The molecule has 0 aliphatic heterocycles. The van der Waals surface area contributed by atoms with Gasteiger partial charge < -0.3 is 21.7 Å². The maximum atomic E-state index is 10.9. The summed E-state index contributed by atoms with van der Waals surface area (Å²) in [5.41, 5.74) is 9.95. The quantitative estimate of drug-likeness (QED) is 0.372. The monoisotopic (exact) mass is 202 g/mol. The van der Waals surface area contributed by atoms with Crippen LogP contribution in [0.3, 0.4) is 0 Å². The molecule has 14 heavy (non-hydrogen) atoms. The van der Waals surface area contributed by atoms with Crippen LogP contribution in [0.15, 0.2) is 11.1 Å². The second-order valence-corrected chi connectivity index (χ2v) is 2.63. The van der Waals surface area contributed by atoms with Gasteiger partial charge in [0.05, 0.1) is 0 Å². The van der Waals surface area contributed by atoms with Crippen LogP contribution in [0, 0.1) is 0 Å². The average Bonchev–Trinajstić information content (AvgIpc) is 2.10. The van der Waals surface area contributed by atoms with Crippen LogP contribution in [-0.2, 0) is 9.59 Å². The highest BCUT2D eigenvalue weighted by atomic mass is 16.3. The first-order valence-electron chi connectivity index (χ1n) is 4.08. The van der Waals surface area contributed by atoms with Crippen molar-refractivity contribution in [3.05, 3.63) is 11.1 Å². The number of aliphatic hydroxyl groups excluding tert-OH is 2. The molecule has 0 aromatic carbocycles. The van der Waals surface area contributed by atoms with Crippen molar-refractivity contribution in [1.82, 2.24) is 0 Å². The standard InChI is InChI=1S/C8H14N2O4/c9-7(13)5(1-3-11)6(2-4-12)8(10)14/h11-12H,1-4H2,(H2,9,13)(H2,10,14). The molecule has 0 heterocycles. The van der Waals surface area contributed by atoms with E-state index in [0.717, 1.165) is 0 Å². The van der Waals surface area contributed by atoms with Gasteiger partial charge in [0.2, 0.25) is 11.8 Å². The van der Waals surface area contributed by atoms with Crippen LogP contribution in [0.25, 0.3) is 0 Å². The minimum atomic E-state index is -0.804. The number of nitrogens with two attached hydrogens (primary N) is 2. The topological polar surface area (TPSA) is 127 Å². The van der Waals surface area contributed by atoms with Crippen LogP contribution >= 0.6 is 0 Å². The normalized spacial score (nSPS) is 12.1. The molecule has 0 fully saturated rings. The Hall–Kier alpha value is -1.40.